The third-order valence-corrected chi connectivity index (χ3v) is 4.04. The summed E-state index contributed by atoms with van der Waals surface area (Å²) >= 11 is 1.79. The molecule has 0 fully saturated rings. The first-order valence-electron chi connectivity index (χ1n) is 6.13. The van der Waals surface area contributed by atoms with Crippen molar-refractivity contribution in [3.8, 4) is 0 Å². The minimum Gasteiger partial charge on any atom is -0.380 e. The Bertz CT molecular complexity index is 467. The van der Waals surface area contributed by atoms with Gasteiger partial charge in [-0.2, -0.15) is 0 Å². The summed E-state index contributed by atoms with van der Waals surface area (Å²) in [6.07, 6.45) is 0. The molecule has 18 heavy (non-hydrogen) atoms. The van der Waals surface area contributed by atoms with Gasteiger partial charge in [0.2, 0.25) is 0 Å². The molecule has 0 aliphatic carbocycles. The second-order valence-electron chi connectivity index (χ2n) is 4.32. The van der Waals surface area contributed by atoms with Crippen LogP contribution in [0.3, 0.4) is 0 Å². The Kier molecular flexibility index (Phi) is 4.93. The number of nitrogens with one attached hydrogen (secondary N) is 1. The van der Waals surface area contributed by atoms with Crippen LogP contribution in [0.15, 0.2) is 41.8 Å². The average Bonchev–Trinajstić information content (AvgIpc) is 2.92. The fourth-order valence-corrected chi connectivity index (χ4v) is 2.69. The number of methoxy groups -OCH3 is 1. The van der Waals surface area contributed by atoms with Crippen molar-refractivity contribution in [1.82, 2.24) is 5.32 Å². The van der Waals surface area contributed by atoms with Crippen molar-refractivity contribution in [2.45, 2.75) is 26.1 Å². The van der Waals surface area contributed by atoms with Crippen LogP contribution in [0.5, 0.6) is 0 Å². The summed E-state index contributed by atoms with van der Waals surface area (Å²) in [6, 6.07) is 13.1. The second kappa shape index (κ2) is 6.69. The molecule has 0 aliphatic rings. The lowest BCUT2D eigenvalue weighted by molar-refractivity contribution is 0.184. The fourth-order valence-electron chi connectivity index (χ4n) is 1.93. The number of rotatable bonds is 6. The molecule has 1 atom stereocenters. The summed E-state index contributed by atoms with van der Waals surface area (Å²) in [6.45, 7) is 3.74. The van der Waals surface area contributed by atoms with Gasteiger partial charge in [-0.05, 0) is 29.5 Å². The topological polar surface area (TPSA) is 21.3 Å². The zero-order valence-corrected chi connectivity index (χ0v) is 11.7. The lowest BCUT2D eigenvalue weighted by Gasteiger charge is -2.14. The third kappa shape index (κ3) is 3.42. The van der Waals surface area contributed by atoms with Gasteiger partial charge in [-0.1, -0.05) is 30.3 Å². The van der Waals surface area contributed by atoms with E-state index in [1.165, 1.54) is 16.0 Å². The Morgan fingerprint density at radius 1 is 1.17 bits per heavy atom. The highest BCUT2D eigenvalue weighted by Gasteiger charge is 2.07. The van der Waals surface area contributed by atoms with E-state index in [9.17, 15) is 0 Å². The summed E-state index contributed by atoms with van der Waals surface area (Å²) in [5, 5.41) is 5.67. The lowest BCUT2D eigenvalue weighted by atomic mass is 10.1. The van der Waals surface area contributed by atoms with Crippen LogP contribution in [-0.2, 0) is 17.9 Å². The standard InChI is InChI=1S/C15H19NOS/c1-12(15-8-5-9-18-15)16-10-13-6-3-4-7-14(13)11-17-2/h3-9,12,16H,10-11H2,1-2H3/t12-/m0/s1. The molecule has 3 heteroatoms. The Hall–Kier alpha value is -1.16. The zero-order valence-electron chi connectivity index (χ0n) is 10.8. The van der Waals surface area contributed by atoms with Crippen molar-refractivity contribution in [3.63, 3.8) is 0 Å². The van der Waals surface area contributed by atoms with E-state index in [0.717, 1.165) is 6.54 Å². The highest BCUT2D eigenvalue weighted by Crippen LogP contribution is 2.19. The van der Waals surface area contributed by atoms with E-state index in [2.05, 4.69) is 54.0 Å². The van der Waals surface area contributed by atoms with E-state index in [0.29, 0.717) is 12.6 Å². The molecular formula is C15H19NOS. The number of ether oxygens (including phenoxy) is 1. The summed E-state index contributed by atoms with van der Waals surface area (Å²) in [7, 11) is 1.73. The first kappa shape index (κ1) is 13.3. The van der Waals surface area contributed by atoms with Gasteiger partial charge in [-0.15, -0.1) is 11.3 Å². The first-order chi connectivity index (χ1) is 8.81. The minimum atomic E-state index is 0.389. The van der Waals surface area contributed by atoms with Crippen molar-refractivity contribution >= 4 is 11.3 Å². The van der Waals surface area contributed by atoms with E-state index in [1.807, 2.05) is 0 Å². The number of benzene rings is 1. The van der Waals surface area contributed by atoms with Crippen LogP contribution in [0.4, 0.5) is 0 Å². The molecule has 0 saturated heterocycles. The van der Waals surface area contributed by atoms with Crippen molar-refractivity contribution in [2.75, 3.05) is 7.11 Å². The summed E-state index contributed by atoms with van der Waals surface area (Å²) < 4.78 is 5.22. The SMILES string of the molecule is COCc1ccccc1CN[C@@H](C)c1cccs1. The normalized spacial score (nSPS) is 12.6. The van der Waals surface area contributed by atoms with Crippen LogP contribution in [0.25, 0.3) is 0 Å². The molecular weight excluding hydrogens is 242 g/mol. The Morgan fingerprint density at radius 3 is 2.61 bits per heavy atom. The van der Waals surface area contributed by atoms with E-state index in [-0.39, 0.29) is 0 Å². The Labute approximate surface area is 113 Å². The average molecular weight is 261 g/mol. The van der Waals surface area contributed by atoms with Crippen molar-refractivity contribution in [2.24, 2.45) is 0 Å². The highest BCUT2D eigenvalue weighted by molar-refractivity contribution is 7.10. The smallest absolute Gasteiger partial charge is 0.0716 e. The van der Waals surface area contributed by atoms with Crippen LogP contribution in [0.1, 0.15) is 29.0 Å². The molecule has 1 aromatic heterocycles. The van der Waals surface area contributed by atoms with Gasteiger partial charge in [0.1, 0.15) is 0 Å². The van der Waals surface area contributed by atoms with Crippen molar-refractivity contribution in [3.05, 3.63) is 57.8 Å². The lowest BCUT2D eigenvalue weighted by Crippen LogP contribution is -2.18. The van der Waals surface area contributed by atoms with E-state index in [4.69, 9.17) is 4.74 Å². The molecule has 0 unspecified atom stereocenters. The fraction of sp³-hybridized carbons (Fsp3) is 0.333. The molecule has 2 aromatic rings. The number of thiophene rings is 1. The predicted octanol–water partition coefficient (Wildman–Crippen LogP) is 3.75. The van der Waals surface area contributed by atoms with Gasteiger partial charge in [0.25, 0.3) is 0 Å². The molecule has 0 aliphatic heterocycles. The van der Waals surface area contributed by atoms with Gasteiger partial charge in [-0.25, -0.2) is 0 Å². The van der Waals surface area contributed by atoms with Crippen LogP contribution >= 0.6 is 11.3 Å². The van der Waals surface area contributed by atoms with Crippen LogP contribution < -0.4 is 5.32 Å². The van der Waals surface area contributed by atoms with Gasteiger partial charge in [0, 0.05) is 24.6 Å². The molecule has 96 valence electrons. The van der Waals surface area contributed by atoms with Crippen molar-refractivity contribution in [1.29, 1.82) is 0 Å². The quantitative estimate of drug-likeness (QED) is 0.855. The summed E-state index contributed by atoms with van der Waals surface area (Å²) in [5.74, 6) is 0. The van der Waals surface area contributed by atoms with Crippen LogP contribution in [0.2, 0.25) is 0 Å². The van der Waals surface area contributed by atoms with Gasteiger partial charge < -0.3 is 10.1 Å². The maximum absolute atomic E-state index is 5.22. The minimum absolute atomic E-state index is 0.389. The van der Waals surface area contributed by atoms with Gasteiger partial charge >= 0.3 is 0 Å². The molecule has 0 spiro atoms. The molecule has 1 heterocycles. The monoisotopic (exact) mass is 261 g/mol. The van der Waals surface area contributed by atoms with Crippen molar-refractivity contribution < 1.29 is 4.74 Å². The Morgan fingerprint density at radius 2 is 1.94 bits per heavy atom. The van der Waals surface area contributed by atoms with Gasteiger partial charge in [0.15, 0.2) is 0 Å². The van der Waals surface area contributed by atoms with E-state index < -0.39 is 0 Å². The van der Waals surface area contributed by atoms with Crippen LogP contribution in [0, 0.1) is 0 Å². The third-order valence-electron chi connectivity index (χ3n) is 2.99. The summed E-state index contributed by atoms with van der Waals surface area (Å²) in [5.41, 5.74) is 2.56. The Balaban J connectivity index is 1.97. The molecule has 1 aromatic carbocycles. The molecule has 0 saturated carbocycles. The maximum Gasteiger partial charge on any atom is 0.0716 e. The first-order valence-corrected chi connectivity index (χ1v) is 7.01. The molecule has 0 amide bonds. The van der Waals surface area contributed by atoms with E-state index in [1.54, 1.807) is 18.4 Å². The predicted molar refractivity (Wildman–Crippen MR) is 76.7 cm³/mol. The van der Waals surface area contributed by atoms with Gasteiger partial charge in [0.05, 0.1) is 6.61 Å². The molecule has 0 bridgehead atoms. The molecule has 1 N–H and O–H groups in total. The summed E-state index contributed by atoms with van der Waals surface area (Å²) in [4.78, 5) is 1.37. The van der Waals surface area contributed by atoms with Gasteiger partial charge in [-0.3, -0.25) is 0 Å². The highest BCUT2D eigenvalue weighted by atomic mass is 32.1. The number of hydrogen-bond donors (Lipinski definition) is 1. The largest absolute Gasteiger partial charge is 0.380 e. The second-order valence-corrected chi connectivity index (χ2v) is 5.30. The molecule has 0 radical (unpaired) electrons. The molecule has 2 rings (SSSR count). The molecule has 2 nitrogen and oxygen atoms in total. The van der Waals surface area contributed by atoms with Crippen LogP contribution in [-0.4, -0.2) is 7.11 Å². The number of hydrogen-bond acceptors (Lipinski definition) is 3. The van der Waals surface area contributed by atoms with E-state index >= 15 is 0 Å². The zero-order chi connectivity index (χ0) is 12.8. The maximum atomic E-state index is 5.22.